The Morgan fingerprint density at radius 3 is 2.42 bits per heavy atom. The highest BCUT2D eigenvalue weighted by molar-refractivity contribution is 6.44. The predicted molar refractivity (Wildman–Crippen MR) is 150 cm³/mol. The summed E-state index contributed by atoms with van der Waals surface area (Å²) in [7, 11) is 0. The Balaban J connectivity index is 1.53. The van der Waals surface area contributed by atoms with Crippen molar-refractivity contribution < 1.29 is 19.1 Å². The monoisotopic (exact) mass is 574 g/mol. The molecule has 0 atom stereocenters. The van der Waals surface area contributed by atoms with E-state index in [1.165, 1.54) is 17.8 Å². The van der Waals surface area contributed by atoms with Crippen LogP contribution in [0, 0.1) is 0 Å². The van der Waals surface area contributed by atoms with Crippen LogP contribution >= 0.6 is 34.8 Å². The Bertz CT molecular complexity index is 1340. The van der Waals surface area contributed by atoms with Gasteiger partial charge in [0, 0.05) is 17.1 Å². The van der Waals surface area contributed by atoms with Crippen LogP contribution in [0.15, 0.2) is 65.8 Å². The number of rotatable bonds is 9. The summed E-state index contributed by atoms with van der Waals surface area (Å²) in [5, 5.41) is 9.86. The van der Waals surface area contributed by atoms with E-state index in [9.17, 15) is 14.4 Å². The molecule has 11 heteroatoms. The summed E-state index contributed by atoms with van der Waals surface area (Å²) in [4.78, 5) is 36.6. The number of hydrogen-bond donors (Lipinski definition) is 3. The molecule has 0 spiro atoms. The molecule has 0 unspecified atom stereocenters. The Hall–Kier alpha value is -3.59. The molecule has 38 heavy (non-hydrogen) atoms. The summed E-state index contributed by atoms with van der Waals surface area (Å²) < 4.78 is 5.58. The fourth-order valence-corrected chi connectivity index (χ4v) is 3.70. The lowest BCUT2D eigenvalue weighted by Crippen LogP contribution is -2.37. The standard InChI is InChI=1S/C27H25Cl3N4O4/c1-16(2)18-8-6-17(7-9-18)13-31-26(36)27(37)34-32-14-19-12-20(28)10-11-23(19)38-15-24(35)33-22-5-3-4-21(29)25(22)30/h3-12,14,16H,13,15H2,1-2H3,(H,31,36)(H,33,35)(H,34,37)/b32-14-. The fraction of sp³-hybridized carbons (Fsp3) is 0.185. The van der Waals surface area contributed by atoms with Crippen molar-refractivity contribution in [1.29, 1.82) is 0 Å². The van der Waals surface area contributed by atoms with Crippen LogP contribution in [0.4, 0.5) is 5.69 Å². The van der Waals surface area contributed by atoms with E-state index in [1.54, 1.807) is 30.3 Å². The summed E-state index contributed by atoms with van der Waals surface area (Å²) in [5.74, 6) is -1.58. The van der Waals surface area contributed by atoms with Crippen molar-refractivity contribution >= 4 is 64.4 Å². The highest BCUT2D eigenvalue weighted by atomic mass is 35.5. The number of ether oxygens (including phenoxy) is 1. The van der Waals surface area contributed by atoms with Gasteiger partial charge in [0.2, 0.25) is 0 Å². The smallest absolute Gasteiger partial charge is 0.329 e. The first kappa shape index (κ1) is 29.0. The molecule has 0 aliphatic heterocycles. The number of nitrogens with zero attached hydrogens (tertiary/aromatic N) is 1. The van der Waals surface area contributed by atoms with E-state index in [0.29, 0.717) is 27.2 Å². The highest BCUT2D eigenvalue weighted by Gasteiger charge is 2.13. The number of amides is 3. The van der Waals surface area contributed by atoms with Gasteiger partial charge in [-0.1, -0.05) is 79.0 Å². The van der Waals surface area contributed by atoms with Gasteiger partial charge in [-0.15, -0.1) is 0 Å². The molecular formula is C27H25Cl3N4O4. The second kappa shape index (κ2) is 13.8. The molecule has 0 bridgehead atoms. The molecule has 0 aliphatic rings. The lowest BCUT2D eigenvalue weighted by molar-refractivity contribution is -0.139. The average molecular weight is 576 g/mol. The minimum atomic E-state index is -0.942. The van der Waals surface area contributed by atoms with E-state index in [1.807, 2.05) is 24.3 Å². The van der Waals surface area contributed by atoms with Gasteiger partial charge in [0.1, 0.15) is 5.75 Å². The zero-order valence-corrected chi connectivity index (χ0v) is 22.8. The zero-order chi connectivity index (χ0) is 27.7. The topological polar surface area (TPSA) is 109 Å². The quantitative estimate of drug-likeness (QED) is 0.176. The number of anilines is 1. The number of hydrogen-bond acceptors (Lipinski definition) is 5. The Morgan fingerprint density at radius 2 is 1.71 bits per heavy atom. The number of hydrazone groups is 1. The van der Waals surface area contributed by atoms with Crippen molar-refractivity contribution in [2.45, 2.75) is 26.3 Å². The number of halogens is 3. The molecule has 3 aromatic carbocycles. The molecule has 0 aromatic heterocycles. The SMILES string of the molecule is CC(C)c1ccc(CNC(=O)C(=O)N/N=C\c2cc(Cl)ccc2OCC(=O)Nc2cccc(Cl)c2Cl)cc1. The lowest BCUT2D eigenvalue weighted by atomic mass is 10.0. The third-order valence-corrected chi connectivity index (χ3v) is 6.29. The molecule has 8 nitrogen and oxygen atoms in total. The number of carbonyl (C=O) groups is 3. The third kappa shape index (κ3) is 8.48. The van der Waals surface area contributed by atoms with Crippen LogP contribution in [-0.2, 0) is 20.9 Å². The first-order valence-corrected chi connectivity index (χ1v) is 12.6. The van der Waals surface area contributed by atoms with Crippen LogP contribution in [0.1, 0.15) is 36.5 Å². The number of nitrogens with one attached hydrogen (secondary N) is 3. The van der Waals surface area contributed by atoms with Gasteiger partial charge in [-0.05, 0) is 47.4 Å². The normalized spacial score (nSPS) is 10.9. The van der Waals surface area contributed by atoms with Gasteiger partial charge in [0.05, 0.1) is 21.9 Å². The van der Waals surface area contributed by atoms with E-state index >= 15 is 0 Å². The highest BCUT2D eigenvalue weighted by Crippen LogP contribution is 2.29. The molecule has 0 aliphatic carbocycles. The van der Waals surface area contributed by atoms with Gasteiger partial charge in [-0.2, -0.15) is 5.10 Å². The van der Waals surface area contributed by atoms with E-state index in [0.717, 1.165) is 5.56 Å². The van der Waals surface area contributed by atoms with Crippen molar-refractivity contribution in [3.05, 3.63) is 92.4 Å². The van der Waals surface area contributed by atoms with Gasteiger partial charge in [-0.3, -0.25) is 14.4 Å². The molecule has 0 radical (unpaired) electrons. The van der Waals surface area contributed by atoms with Crippen molar-refractivity contribution in [2.75, 3.05) is 11.9 Å². The van der Waals surface area contributed by atoms with E-state index in [-0.39, 0.29) is 23.9 Å². The third-order valence-electron chi connectivity index (χ3n) is 5.23. The van der Waals surface area contributed by atoms with Crippen molar-refractivity contribution in [2.24, 2.45) is 5.10 Å². The van der Waals surface area contributed by atoms with Crippen molar-refractivity contribution in [1.82, 2.24) is 10.7 Å². The predicted octanol–water partition coefficient (Wildman–Crippen LogP) is 5.55. The molecule has 0 heterocycles. The Morgan fingerprint density at radius 1 is 0.974 bits per heavy atom. The van der Waals surface area contributed by atoms with Crippen LogP contribution in [0.5, 0.6) is 5.75 Å². The van der Waals surface area contributed by atoms with Crippen LogP contribution in [0.2, 0.25) is 15.1 Å². The molecular weight excluding hydrogens is 551 g/mol. The molecule has 0 fully saturated rings. The molecule has 0 saturated heterocycles. The maximum Gasteiger partial charge on any atom is 0.329 e. The number of carbonyl (C=O) groups excluding carboxylic acids is 3. The summed E-state index contributed by atoms with van der Waals surface area (Å²) in [6.07, 6.45) is 1.25. The molecule has 198 valence electrons. The van der Waals surface area contributed by atoms with Crippen molar-refractivity contribution in [3.8, 4) is 5.75 Å². The molecule has 3 rings (SSSR count). The fourth-order valence-electron chi connectivity index (χ4n) is 3.18. The van der Waals surface area contributed by atoms with Gasteiger partial charge in [0.15, 0.2) is 6.61 Å². The second-order valence-corrected chi connectivity index (χ2v) is 9.62. The zero-order valence-electron chi connectivity index (χ0n) is 20.6. The van der Waals surface area contributed by atoms with Crippen molar-refractivity contribution in [3.63, 3.8) is 0 Å². The Kier molecular flexibility index (Phi) is 10.5. The van der Waals surface area contributed by atoms with E-state index in [2.05, 4.69) is 35.0 Å². The van der Waals surface area contributed by atoms with Crippen LogP contribution in [0.3, 0.4) is 0 Å². The minimum absolute atomic E-state index is 0.198. The van der Waals surface area contributed by atoms with E-state index in [4.69, 9.17) is 39.5 Å². The van der Waals surface area contributed by atoms with E-state index < -0.39 is 17.7 Å². The van der Waals surface area contributed by atoms with Crippen LogP contribution in [0.25, 0.3) is 0 Å². The molecule has 3 N–H and O–H groups in total. The second-order valence-electron chi connectivity index (χ2n) is 8.40. The average Bonchev–Trinajstić information content (AvgIpc) is 2.89. The van der Waals surface area contributed by atoms with Gasteiger partial charge >= 0.3 is 11.8 Å². The summed E-state index contributed by atoms with van der Waals surface area (Å²) >= 11 is 18.1. The molecule has 3 amide bonds. The Labute approximate surface area is 235 Å². The molecule has 3 aromatic rings. The van der Waals surface area contributed by atoms with Gasteiger partial charge < -0.3 is 15.4 Å². The van der Waals surface area contributed by atoms with Gasteiger partial charge in [0.25, 0.3) is 5.91 Å². The lowest BCUT2D eigenvalue weighted by Gasteiger charge is -2.11. The largest absolute Gasteiger partial charge is 0.483 e. The summed E-state index contributed by atoms with van der Waals surface area (Å²) in [6, 6.07) is 17.3. The first-order chi connectivity index (χ1) is 18.1. The minimum Gasteiger partial charge on any atom is -0.483 e. The van der Waals surface area contributed by atoms with Crippen LogP contribution in [-0.4, -0.2) is 30.5 Å². The maximum atomic E-state index is 12.3. The number of benzene rings is 3. The maximum absolute atomic E-state index is 12.3. The van der Waals surface area contributed by atoms with Gasteiger partial charge in [-0.25, -0.2) is 5.43 Å². The first-order valence-electron chi connectivity index (χ1n) is 11.5. The summed E-state index contributed by atoms with van der Waals surface area (Å²) in [6.45, 7) is 4.03. The molecule has 0 saturated carbocycles. The van der Waals surface area contributed by atoms with Crippen LogP contribution < -0.4 is 20.8 Å². The summed E-state index contributed by atoms with van der Waals surface area (Å²) in [5.41, 5.74) is 4.92.